The molecule has 1 saturated heterocycles. The Morgan fingerprint density at radius 1 is 1.06 bits per heavy atom. The van der Waals surface area contributed by atoms with Gasteiger partial charge in [-0.2, -0.15) is 0 Å². The molecule has 1 unspecified atom stereocenters. The highest BCUT2D eigenvalue weighted by atomic mass is 35.5. The highest BCUT2D eigenvalue weighted by molar-refractivity contribution is 6.35. The molecular formula is C24H25Cl2N5O2. The lowest BCUT2D eigenvalue weighted by Crippen LogP contribution is -2.46. The maximum atomic E-state index is 12.6. The van der Waals surface area contributed by atoms with Gasteiger partial charge >= 0.3 is 0 Å². The molecule has 33 heavy (non-hydrogen) atoms. The summed E-state index contributed by atoms with van der Waals surface area (Å²) in [5.74, 6) is 1.27. The second-order valence-corrected chi connectivity index (χ2v) is 8.68. The molecular weight excluding hydrogens is 461 g/mol. The summed E-state index contributed by atoms with van der Waals surface area (Å²) in [6.45, 7) is 6.17. The van der Waals surface area contributed by atoms with Crippen molar-refractivity contribution in [3.63, 3.8) is 0 Å². The minimum absolute atomic E-state index is 0.335. The summed E-state index contributed by atoms with van der Waals surface area (Å²) in [6.07, 6.45) is 0.687. The fraction of sp³-hybridized carbons (Fsp3) is 0.292. The summed E-state index contributed by atoms with van der Waals surface area (Å²) < 4.78 is 5.68. The molecule has 1 fully saturated rings. The highest BCUT2D eigenvalue weighted by Gasteiger charge is 2.20. The van der Waals surface area contributed by atoms with E-state index in [1.54, 1.807) is 31.2 Å². The SMILES string of the molecule is CC(Oc1ccc(Cl)cc1Cl)C(=O)Nc1cc(N2CCN(Cc3ccccc3)CC2)ncn1. The van der Waals surface area contributed by atoms with E-state index in [2.05, 4.69) is 49.4 Å². The van der Waals surface area contributed by atoms with E-state index >= 15 is 0 Å². The predicted octanol–water partition coefficient (Wildman–Crippen LogP) is 4.51. The fourth-order valence-electron chi connectivity index (χ4n) is 3.61. The van der Waals surface area contributed by atoms with Crippen LogP contribution in [0.4, 0.5) is 11.6 Å². The summed E-state index contributed by atoms with van der Waals surface area (Å²) in [5.41, 5.74) is 1.31. The van der Waals surface area contributed by atoms with Crippen molar-refractivity contribution in [2.45, 2.75) is 19.6 Å². The average molecular weight is 486 g/mol. The number of carbonyl (C=O) groups is 1. The van der Waals surface area contributed by atoms with Crippen molar-refractivity contribution in [1.29, 1.82) is 0 Å². The molecule has 172 valence electrons. The molecule has 1 N–H and O–H groups in total. The zero-order valence-corrected chi connectivity index (χ0v) is 19.8. The molecule has 9 heteroatoms. The molecule has 4 rings (SSSR count). The number of benzene rings is 2. The normalized spacial score (nSPS) is 15.2. The van der Waals surface area contributed by atoms with Crippen LogP contribution in [0.5, 0.6) is 5.75 Å². The zero-order chi connectivity index (χ0) is 23.2. The molecule has 0 bridgehead atoms. The van der Waals surface area contributed by atoms with Gasteiger partial charge < -0.3 is 15.0 Å². The van der Waals surface area contributed by atoms with E-state index in [1.807, 2.05) is 6.07 Å². The number of rotatable bonds is 7. The lowest BCUT2D eigenvalue weighted by Gasteiger charge is -2.35. The highest BCUT2D eigenvalue weighted by Crippen LogP contribution is 2.28. The van der Waals surface area contributed by atoms with Crippen LogP contribution in [0.25, 0.3) is 0 Å². The van der Waals surface area contributed by atoms with Crippen LogP contribution in [0.2, 0.25) is 10.0 Å². The summed E-state index contributed by atoms with van der Waals surface area (Å²) in [7, 11) is 0. The third-order valence-electron chi connectivity index (χ3n) is 5.42. The first-order valence-corrected chi connectivity index (χ1v) is 11.5. The van der Waals surface area contributed by atoms with Crippen LogP contribution in [0.3, 0.4) is 0 Å². The zero-order valence-electron chi connectivity index (χ0n) is 18.2. The van der Waals surface area contributed by atoms with E-state index in [0.29, 0.717) is 21.6 Å². The van der Waals surface area contributed by atoms with Gasteiger partial charge in [0.2, 0.25) is 0 Å². The van der Waals surface area contributed by atoms with E-state index < -0.39 is 6.10 Å². The summed E-state index contributed by atoms with van der Waals surface area (Å²) in [5, 5.41) is 3.64. The van der Waals surface area contributed by atoms with Gasteiger partial charge in [-0.25, -0.2) is 9.97 Å². The minimum Gasteiger partial charge on any atom is -0.479 e. The molecule has 1 atom stereocenters. The van der Waals surface area contributed by atoms with Gasteiger partial charge in [-0.05, 0) is 30.7 Å². The molecule has 0 aliphatic carbocycles. The molecule has 1 aliphatic heterocycles. The smallest absolute Gasteiger partial charge is 0.266 e. The first kappa shape index (κ1) is 23.3. The number of ether oxygens (including phenoxy) is 1. The van der Waals surface area contributed by atoms with Crippen LogP contribution >= 0.6 is 23.2 Å². The van der Waals surface area contributed by atoms with E-state index in [-0.39, 0.29) is 5.91 Å². The van der Waals surface area contributed by atoms with Gasteiger partial charge in [-0.3, -0.25) is 9.69 Å². The first-order chi connectivity index (χ1) is 16.0. The number of nitrogens with zero attached hydrogens (tertiary/aromatic N) is 4. The Hall–Kier alpha value is -2.87. The van der Waals surface area contributed by atoms with E-state index in [1.165, 1.54) is 11.9 Å². The Morgan fingerprint density at radius 2 is 1.82 bits per heavy atom. The largest absolute Gasteiger partial charge is 0.479 e. The fourth-order valence-corrected chi connectivity index (χ4v) is 4.06. The number of halogens is 2. The Bertz CT molecular complexity index is 1090. The second-order valence-electron chi connectivity index (χ2n) is 7.83. The maximum Gasteiger partial charge on any atom is 0.266 e. The predicted molar refractivity (Wildman–Crippen MR) is 131 cm³/mol. The molecule has 2 heterocycles. The minimum atomic E-state index is -0.774. The number of nitrogens with one attached hydrogen (secondary N) is 1. The van der Waals surface area contributed by atoms with Crippen molar-refractivity contribution >= 4 is 40.7 Å². The Labute approximate surface area is 203 Å². The van der Waals surface area contributed by atoms with Crippen molar-refractivity contribution in [3.8, 4) is 5.75 Å². The van der Waals surface area contributed by atoms with E-state index in [4.69, 9.17) is 27.9 Å². The second kappa shape index (κ2) is 10.8. The van der Waals surface area contributed by atoms with Gasteiger partial charge in [0.25, 0.3) is 5.91 Å². The van der Waals surface area contributed by atoms with Crippen molar-refractivity contribution in [2.24, 2.45) is 0 Å². The summed E-state index contributed by atoms with van der Waals surface area (Å²) >= 11 is 12.0. The Balaban J connectivity index is 1.31. The lowest BCUT2D eigenvalue weighted by atomic mass is 10.2. The molecule has 1 aromatic heterocycles. The topological polar surface area (TPSA) is 70.6 Å². The van der Waals surface area contributed by atoms with Crippen molar-refractivity contribution in [2.75, 3.05) is 36.4 Å². The molecule has 0 radical (unpaired) electrons. The van der Waals surface area contributed by atoms with Crippen LogP contribution in [0, 0.1) is 0 Å². The lowest BCUT2D eigenvalue weighted by molar-refractivity contribution is -0.122. The van der Waals surface area contributed by atoms with Crippen LogP contribution < -0.4 is 15.0 Å². The number of hydrogen-bond acceptors (Lipinski definition) is 6. The van der Waals surface area contributed by atoms with Crippen LogP contribution in [0.15, 0.2) is 60.9 Å². The third kappa shape index (κ3) is 6.35. The number of carbonyl (C=O) groups excluding carboxylic acids is 1. The first-order valence-electron chi connectivity index (χ1n) is 10.7. The number of hydrogen-bond donors (Lipinski definition) is 1. The number of piperazine rings is 1. The molecule has 0 saturated carbocycles. The van der Waals surface area contributed by atoms with Gasteiger partial charge in [0, 0.05) is 43.8 Å². The van der Waals surface area contributed by atoms with Gasteiger partial charge in [0.05, 0.1) is 5.02 Å². The van der Waals surface area contributed by atoms with E-state index in [0.717, 1.165) is 38.5 Å². The standard InChI is InChI=1S/C24H25Cl2N5O2/c1-17(33-21-8-7-19(25)13-20(21)26)24(32)29-22-14-23(28-16-27-22)31-11-9-30(10-12-31)15-18-5-3-2-4-6-18/h2-8,13-14,16-17H,9-12,15H2,1H3,(H,27,28,29,32). The molecule has 3 aromatic rings. The van der Waals surface area contributed by atoms with E-state index in [9.17, 15) is 4.79 Å². The summed E-state index contributed by atoms with van der Waals surface area (Å²) in [4.78, 5) is 25.8. The van der Waals surface area contributed by atoms with Gasteiger partial charge in [-0.15, -0.1) is 0 Å². The maximum absolute atomic E-state index is 12.6. The summed E-state index contributed by atoms with van der Waals surface area (Å²) in [6, 6.07) is 17.1. The monoisotopic (exact) mass is 485 g/mol. The molecule has 1 amide bonds. The van der Waals surface area contributed by atoms with Gasteiger partial charge in [-0.1, -0.05) is 53.5 Å². The quantitative estimate of drug-likeness (QED) is 0.530. The van der Waals surface area contributed by atoms with Crippen molar-refractivity contribution < 1.29 is 9.53 Å². The van der Waals surface area contributed by atoms with Crippen molar-refractivity contribution in [3.05, 3.63) is 76.5 Å². The number of anilines is 2. The molecule has 0 spiro atoms. The van der Waals surface area contributed by atoms with Crippen molar-refractivity contribution in [1.82, 2.24) is 14.9 Å². The van der Waals surface area contributed by atoms with Gasteiger partial charge in [0.15, 0.2) is 6.10 Å². The van der Waals surface area contributed by atoms with Crippen LogP contribution in [-0.4, -0.2) is 53.1 Å². The Kier molecular flexibility index (Phi) is 7.65. The van der Waals surface area contributed by atoms with Crippen LogP contribution in [-0.2, 0) is 11.3 Å². The molecule has 1 aliphatic rings. The average Bonchev–Trinajstić information content (AvgIpc) is 2.82. The van der Waals surface area contributed by atoms with Crippen LogP contribution in [0.1, 0.15) is 12.5 Å². The molecule has 2 aromatic carbocycles. The third-order valence-corrected chi connectivity index (χ3v) is 5.95. The Morgan fingerprint density at radius 3 is 2.55 bits per heavy atom. The molecule has 7 nitrogen and oxygen atoms in total. The number of aromatic nitrogens is 2. The van der Waals surface area contributed by atoms with Gasteiger partial charge in [0.1, 0.15) is 23.7 Å². The number of amides is 1.